The molecule has 0 nitrogen and oxygen atoms in total. The Labute approximate surface area is 63.8 Å². The van der Waals surface area contributed by atoms with Crippen LogP contribution in [0.15, 0.2) is 23.0 Å². The maximum Gasteiger partial charge on any atom is 0.0762 e. The van der Waals surface area contributed by atoms with Crippen molar-refractivity contribution in [3.63, 3.8) is 0 Å². The molecule has 0 atom stereocenters. The molecular formula is C7H8S2. The lowest BCUT2D eigenvalue weighted by molar-refractivity contribution is 0.773. The van der Waals surface area contributed by atoms with Gasteiger partial charge in [0.2, 0.25) is 0 Å². The van der Waals surface area contributed by atoms with Gasteiger partial charge in [-0.1, -0.05) is 12.2 Å². The second kappa shape index (κ2) is 1.83. The molecule has 0 saturated carbocycles. The van der Waals surface area contributed by atoms with Gasteiger partial charge in [-0.25, -0.2) is 0 Å². The molecule has 0 spiro atoms. The van der Waals surface area contributed by atoms with Crippen molar-refractivity contribution in [1.29, 1.82) is 0 Å². The summed E-state index contributed by atoms with van der Waals surface area (Å²) in [6.45, 7) is 2.30. The molecule has 48 valence electrons. The number of allylic oxidation sites excluding steroid dienone is 2. The van der Waals surface area contributed by atoms with E-state index in [-0.39, 0.29) is 0 Å². The van der Waals surface area contributed by atoms with E-state index in [4.69, 9.17) is 0 Å². The van der Waals surface area contributed by atoms with Crippen molar-refractivity contribution in [3.8, 4) is 0 Å². The highest BCUT2D eigenvalue weighted by Gasteiger charge is 2.37. The molecule has 0 unspecified atom stereocenters. The van der Waals surface area contributed by atoms with E-state index in [0.29, 0.717) is 10.00 Å². The lowest BCUT2D eigenvalue weighted by Crippen LogP contribution is -2.15. The first-order chi connectivity index (χ1) is 4.31. The van der Waals surface area contributed by atoms with Crippen LogP contribution in [0.5, 0.6) is 0 Å². The van der Waals surface area contributed by atoms with Crippen molar-refractivity contribution in [3.05, 3.63) is 23.0 Å². The standard InChI is InChI=1S/C7H8S2/c1-7-6(2-4-8-7)3-5-9-7/h2-6H,1H3. The molecule has 2 rings (SSSR count). The molecule has 0 saturated heterocycles. The van der Waals surface area contributed by atoms with Gasteiger partial charge in [-0.05, 0) is 17.7 Å². The number of thioether (sulfide) groups is 2. The summed E-state index contributed by atoms with van der Waals surface area (Å²) >= 11 is 3.87. The first-order valence-corrected chi connectivity index (χ1v) is 4.76. The van der Waals surface area contributed by atoms with Crippen LogP contribution in [0.2, 0.25) is 0 Å². The molecule has 0 amide bonds. The molecule has 0 radical (unpaired) electrons. The molecule has 0 aromatic heterocycles. The van der Waals surface area contributed by atoms with Crippen molar-refractivity contribution in [2.75, 3.05) is 0 Å². The van der Waals surface area contributed by atoms with Crippen LogP contribution in [0, 0.1) is 5.92 Å². The van der Waals surface area contributed by atoms with E-state index in [1.807, 2.05) is 23.5 Å². The normalized spacial score (nSPS) is 46.1. The molecule has 9 heavy (non-hydrogen) atoms. The third-order valence-electron chi connectivity index (χ3n) is 1.78. The summed E-state index contributed by atoms with van der Waals surface area (Å²) in [4.78, 5) is 0. The van der Waals surface area contributed by atoms with Crippen LogP contribution in [-0.2, 0) is 0 Å². The van der Waals surface area contributed by atoms with E-state index >= 15 is 0 Å². The molecule has 2 heteroatoms. The van der Waals surface area contributed by atoms with Gasteiger partial charge in [0.15, 0.2) is 0 Å². The van der Waals surface area contributed by atoms with Crippen molar-refractivity contribution in [2.45, 2.75) is 11.0 Å². The van der Waals surface area contributed by atoms with Crippen LogP contribution in [0.4, 0.5) is 0 Å². The molecule has 0 aliphatic carbocycles. The Balaban J connectivity index is 2.31. The second-order valence-electron chi connectivity index (χ2n) is 2.43. The van der Waals surface area contributed by atoms with E-state index in [2.05, 4.69) is 29.9 Å². The van der Waals surface area contributed by atoms with Gasteiger partial charge >= 0.3 is 0 Å². The molecular weight excluding hydrogens is 148 g/mol. The van der Waals surface area contributed by atoms with E-state index in [0.717, 1.165) is 0 Å². The predicted molar refractivity (Wildman–Crippen MR) is 45.4 cm³/mol. The summed E-state index contributed by atoms with van der Waals surface area (Å²) in [5, 5.41) is 4.42. The lowest BCUT2D eigenvalue weighted by atomic mass is 10.1. The predicted octanol–water partition coefficient (Wildman–Crippen LogP) is 2.84. The van der Waals surface area contributed by atoms with Gasteiger partial charge in [-0.3, -0.25) is 0 Å². The van der Waals surface area contributed by atoms with Crippen LogP contribution in [0.1, 0.15) is 6.92 Å². The number of fused-ring (bicyclic) bond motifs is 1. The average Bonchev–Trinajstić information content (AvgIpc) is 2.22. The Morgan fingerprint density at radius 3 is 2.22 bits per heavy atom. The van der Waals surface area contributed by atoms with E-state index in [1.54, 1.807) is 0 Å². The molecule has 2 aliphatic rings. The van der Waals surface area contributed by atoms with Crippen LogP contribution in [0.3, 0.4) is 0 Å². The van der Waals surface area contributed by atoms with E-state index < -0.39 is 0 Å². The highest BCUT2D eigenvalue weighted by atomic mass is 32.2. The van der Waals surface area contributed by atoms with Crippen molar-refractivity contribution >= 4 is 23.5 Å². The average molecular weight is 156 g/mol. The van der Waals surface area contributed by atoms with Crippen molar-refractivity contribution in [2.24, 2.45) is 5.92 Å². The summed E-state index contributed by atoms with van der Waals surface area (Å²) in [6.07, 6.45) is 4.56. The van der Waals surface area contributed by atoms with Gasteiger partial charge in [0.25, 0.3) is 0 Å². The Hall–Kier alpha value is 0.180. The van der Waals surface area contributed by atoms with E-state index in [9.17, 15) is 0 Å². The third-order valence-corrected chi connectivity index (χ3v) is 4.43. The highest BCUT2D eigenvalue weighted by Crippen LogP contribution is 2.53. The van der Waals surface area contributed by atoms with Crippen molar-refractivity contribution in [1.82, 2.24) is 0 Å². The Morgan fingerprint density at radius 2 is 1.78 bits per heavy atom. The maximum atomic E-state index is 2.30. The zero-order chi connectivity index (χ0) is 6.32. The van der Waals surface area contributed by atoms with Gasteiger partial charge in [0, 0.05) is 5.92 Å². The fraction of sp³-hybridized carbons (Fsp3) is 0.429. The SMILES string of the molecule is CC12SC=CC1C=CS2. The Morgan fingerprint density at radius 1 is 1.22 bits per heavy atom. The van der Waals surface area contributed by atoms with Crippen LogP contribution >= 0.6 is 23.5 Å². The molecule has 0 aromatic rings. The van der Waals surface area contributed by atoms with Gasteiger partial charge in [0.1, 0.15) is 0 Å². The minimum Gasteiger partial charge on any atom is -0.116 e. The molecule has 0 N–H and O–H groups in total. The largest absolute Gasteiger partial charge is 0.116 e. The van der Waals surface area contributed by atoms with Crippen LogP contribution in [0.25, 0.3) is 0 Å². The molecule has 2 heterocycles. The zero-order valence-corrected chi connectivity index (χ0v) is 6.84. The summed E-state index contributed by atoms with van der Waals surface area (Å²) < 4.78 is 0.417. The van der Waals surface area contributed by atoms with Crippen LogP contribution < -0.4 is 0 Å². The highest BCUT2D eigenvalue weighted by molar-refractivity contribution is 8.21. The molecule has 0 aromatic carbocycles. The lowest BCUT2D eigenvalue weighted by Gasteiger charge is -2.20. The minimum absolute atomic E-state index is 0.417. The van der Waals surface area contributed by atoms with Gasteiger partial charge in [0.05, 0.1) is 4.08 Å². The van der Waals surface area contributed by atoms with Gasteiger partial charge in [-0.15, -0.1) is 23.5 Å². The quantitative estimate of drug-likeness (QED) is 0.529. The molecule has 2 aliphatic heterocycles. The van der Waals surface area contributed by atoms with Gasteiger partial charge < -0.3 is 0 Å². The summed E-state index contributed by atoms with van der Waals surface area (Å²) in [5.41, 5.74) is 0. The minimum atomic E-state index is 0.417. The fourth-order valence-electron chi connectivity index (χ4n) is 1.12. The van der Waals surface area contributed by atoms with Crippen molar-refractivity contribution < 1.29 is 0 Å². The second-order valence-corrected chi connectivity index (χ2v) is 5.40. The first kappa shape index (κ1) is 5.93. The first-order valence-electron chi connectivity index (χ1n) is 3.00. The fourth-order valence-corrected chi connectivity index (χ4v) is 3.34. The monoisotopic (exact) mass is 156 g/mol. The maximum absolute atomic E-state index is 2.30. The summed E-state index contributed by atoms with van der Waals surface area (Å²) in [7, 11) is 0. The Kier molecular flexibility index (Phi) is 1.21. The third kappa shape index (κ3) is 0.767. The topological polar surface area (TPSA) is 0 Å². The summed E-state index contributed by atoms with van der Waals surface area (Å²) in [5.74, 6) is 0.687. The van der Waals surface area contributed by atoms with E-state index in [1.165, 1.54) is 0 Å². The number of rotatable bonds is 0. The van der Waals surface area contributed by atoms with Gasteiger partial charge in [-0.2, -0.15) is 0 Å². The van der Waals surface area contributed by atoms with Crippen LogP contribution in [-0.4, -0.2) is 4.08 Å². The number of hydrogen-bond acceptors (Lipinski definition) is 2. The zero-order valence-electron chi connectivity index (χ0n) is 5.20. The number of hydrogen-bond donors (Lipinski definition) is 0. The molecule has 0 bridgehead atoms. The smallest absolute Gasteiger partial charge is 0.0762 e. The Bertz CT molecular complexity index is 165. The summed E-state index contributed by atoms with van der Waals surface area (Å²) in [6, 6.07) is 0. The molecule has 0 fully saturated rings.